The van der Waals surface area contributed by atoms with Crippen LogP contribution in [0.15, 0.2) is 186 Å². The SMILES string of the molecule is c1ccc(-c2ccc3cccc(-c4c5ccccc5c(-c5cccc(-c6cccc7c6oc6ccccc67)c5)c5ccccc45)c3c2)cc1. The van der Waals surface area contributed by atoms with Crippen LogP contribution in [0, 0.1) is 0 Å². The summed E-state index contributed by atoms with van der Waals surface area (Å²) in [5.74, 6) is 0. The van der Waals surface area contributed by atoms with Gasteiger partial charge in [0.15, 0.2) is 0 Å². The summed E-state index contributed by atoms with van der Waals surface area (Å²) in [6.07, 6.45) is 0. The predicted molar refractivity (Wildman–Crippen MR) is 208 cm³/mol. The van der Waals surface area contributed by atoms with E-state index in [1.807, 2.05) is 12.1 Å². The highest BCUT2D eigenvalue weighted by Crippen LogP contribution is 2.46. The van der Waals surface area contributed by atoms with E-state index >= 15 is 0 Å². The molecule has 0 radical (unpaired) electrons. The van der Waals surface area contributed by atoms with Gasteiger partial charge in [-0.2, -0.15) is 0 Å². The van der Waals surface area contributed by atoms with Crippen molar-refractivity contribution in [2.45, 2.75) is 0 Å². The molecule has 1 heterocycles. The zero-order valence-electron chi connectivity index (χ0n) is 26.7. The molecule has 10 rings (SSSR count). The number of rotatable bonds is 4. The van der Waals surface area contributed by atoms with Crippen LogP contribution in [0.1, 0.15) is 0 Å². The Balaban J connectivity index is 1.23. The Morgan fingerprint density at radius 1 is 0.286 bits per heavy atom. The van der Waals surface area contributed by atoms with Crippen LogP contribution in [0.5, 0.6) is 0 Å². The second-order valence-corrected chi connectivity index (χ2v) is 12.8. The first kappa shape index (κ1) is 27.7. The lowest BCUT2D eigenvalue weighted by Gasteiger charge is -2.19. The zero-order chi connectivity index (χ0) is 32.3. The van der Waals surface area contributed by atoms with Crippen LogP contribution in [0.2, 0.25) is 0 Å². The number of hydrogen-bond acceptors (Lipinski definition) is 1. The Morgan fingerprint density at radius 3 is 1.63 bits per heavy atom. The maximum atomic E-state index is 6.46. The topological polar surface area (TPSA) is 13.1 Å². The van der Waals surface area contributed by atoms with Crippen LogP contribution in [0.25, 0.3) is 98.8 Å². The maximum Gasteiger partial charge on any atom is 0.143 e. The van der Waals surface area contributed by atoms with Gasteiger partial charge in [0.2, 0.25) is 0 Å². The third kappa shape index (κ3) is 4.40. The molecule has 228 valence electrons. The molecule has 0 fully saturated rings. The number of furan rings is 1. The second-order valence-electron chi connectivity index (χ2n) is 12.8. The minimum atomic E-state index is 0.915. The van der Waals surface area contributed by atoms with E-state index in [4.69, 9.17) is 4.42 Å². The number of hydrogen-bond donors (Lipinski definition) is 0. The van der Waals surface area contributed by atoms with Crippen molar-refractivity contribution in [3.8, 4) is 44.5 Å². The highest BCUT2D eigenvalue weighted by Gasteiger charge is 2.19. The predicted octanol–water partition coefficient (Wildman–Crippen LogP) is 13.7. The van der Waals surface area contributed by atoms with Crippen LogP contribution in [0.3, 0.4) is 0 Å². The first-order valence-electron chi connectivity index (χ1n) is 16.8. The van der Waals surface area contributed by atoms with Gasteiger partial charge in [-0.25, -0.2) is 0 Å². The van der Waals surface area contributed by atoms with Gasteiger partial charge >= 0.3 is 0 Å². The van der Waals surface area contributed by atoms with E-state index in [9.17, 15) is 0 Å². The average Bonchev–Trinajstić information content (AvgIpc) is 3.56. The summed E-state index contributed by atoms with van der Waals surface area (Å²) in [4.78, 5) is 0. The molecule has 0 bridgehead atoms. The molecule has 0 saturated carbocycles. The van der Waals surface area contributed by atoms with E-state index in [0.717, 1.165) is 33.1 Å². The first-order chi connectivity index (χ1) is 24.3. The van der Waals surface area contributed by atoms with Gasteiger partial charge in [0.1, 0.15) is 11.2 Å². The van der Waals surface area contributed by atoms with E-state index in [2.05, 4.69) is 170 Å². The van der Waals surface area contributed by atoms with Crippen LogP contribution in [-0.2, 0) is 0 Å². The molecular weight excluding hydrogens is 593 g/mol. The van der Waals surface area contributed by atoms with Crippen molar-refractivity contribution < 1.29 is 4.42 Å². The molecule has 0 N–H and O–H groups in total. The monoisotopic (exact) mass is 622 g/mol. The molecule has 10 aromatic rings. The number of fused-ring (bicyclic) bond motifs is 6. The van der Waals surface area contributed by atoms with Gasteiger partial charge < -0.3 is 4.42 Å². The molecule has 1 heteroatoms. The zero-order valence-corrected chi connectivity index (χ0v) is 26.7. The highest BCUT2D eigenvalue weighted by atomic mass is 16.3. The Bertz CT molecular complexity index is 2820. The normalized spacial score (nSPS) is 11.7. The van der Waals surface area contributed by atoms with Crippen molar-refractivity contribution in [1.82, 2.24) is 0 Å². The summed E-state index contributed by atoms with van der Waals surface area (Å²) in [6, 6.07) is 65.8. The molecule has 49 heavy (non-hydrogen) atoms. The lowest BCUT2D eigenvalue weighted by molar-refractivity contribution is 0.670. The molecule has 9 aromatic carbocycles. The van der Waals surface area contributed by atoms with Crippen LogP contribution >= 0.6 is 0 Å². The third-order valence-electron chi connectivity index (χ3n) is 10.1. The van der Waals surface area contributed by atoms with E-state index in [-0.39, 0.29) is 0 Å². The molecule has 0 spiro atoms. The Labute approximate surface area is 284 Å². The molecule has 0 aliphatic carbocycles. The minimum Gasteiger partial charge on any atom is -0.455 e. The highest BCUT2D eigenvalue weighted by molar-refractivity contribution is 6.24. The van der Waals surface area contributed by atoms with E-state index in [1.165, 1.54) is 65.7 Å². The Morgan fingerprint density at radius 2 is 0.857 bits per heavy atom. The smallest absolute Gasteiger partial charge is 0.143 e. The van der Waals surface area contributed by atoms with Crippen molar-refractivity contribution in [3.63, 3.8) is 0 Å². The third-order valence-corrected chi connectivity index (χ3v) is 10.1. The average molecular weight is 623 g/mol. The minimum absolute atomic E-state index is 0.915. The number of benzene rings is 9. The van der Waals surface area contributed by atoms with Gasteiger partial charge in [0.25, 0.3) is 0 Å². The Hall–Kier alpha value is -6.44. The molecule has 0 atom stereocenters. The molecule has 0 amide bonds. The molecule has 0 unspecified atom stereocenters. The van der Waals surface area contributed by atoms with Gasteiger partial charge in [-0.05, 0) is 89.5 Å². The van der Waals surface area contributed by atoms with Gasteiger partial charge in [-0.1, -0.05) is 164 Å². The summed E-state index contributed by atoms with van der Waals surface area (Å²) >= 11 is 0. The molecular formula is C48H30O. The summed E-state index contributed by atoms with van der Waals surface area (Å²) < 4.78 is 6.46. The van der Waals surface area contributed by atoms with E-state index < -0.39 is 0 Å². The Kier molecular flexibility index (Phi) is 6.25. The summed E-state index contributed by atoms with van der Waals surface area (Å²) in [6.45, 7) is 0. The maximum absolute atomic E-state index is 6.46. The van der Waals surface area contributed by atoms with Crippen molar-refractivity contribution >= 4 is 54.3 Å². The van der Waals surface area contributed by atoms with Crippen LogP contribution in [0.4, 0.5) is 0 Å². The molecule has 0 aliphatic rings. The fourth-order valence-corrected chi connectivity index (χ4v) is 7.85. The molecule has 0 saturated heterocycles. The fourth-order valence-electron chi connectivity index (χ4n) is 7.85. The molecule has 0 aliphatic heterocycles. The van der Waals surface area contributed by atoms with Gasteiger partial charge in [0, 0.05) is 16.3 Å². The van der Waals surface area contributed by atoms with Crippen molar-refractivity contribution in [3.05, 3.63) is 182 Å². The molecule has 1 aromatic heterocycles. The summed E-state index contributed by atoms with van der Waals surface area (Å²) in [5, 5.41) is 9.77. The molecule has 1 nitrogen and oxygen atoms in total. The van der Waals surface area contributed by atoms with Gasteiger partial charge in [-0.15, -0.1) is 0 Å². The lowest BCUT2D eigenvalue weighted by atomic mass is 9.84. The van der Waals surface area contributed by atoms with E-state index in [0.29, 0.717) is 0 Å². The van der Waals surface area contributed by atoms with E-state index in [1.54, 1.807) is 0 Å². The number of para-hydroxylation sites is 2. The van der Waals surface area contributed by atoms with Crippen molar-refractivity contribution in [1.29, 1.82) is 0 Å². The van der Waals surface area contributed by atoms with Gasteiger partial charge in [0.05, 0.1) is 0 Å². The van der Waals surface area contributed by atoms with Crippen molar-refractivity contribution in [2.24, 2.45) is 0 Å². The lowest BCUT2D eigenvalue weighted by Crippen LogP contribution is -1.92. The van der Waals surface area contributed by atoms with Crippen LogP contribution in [-0.4, -0.2) is 0 Å². The van der Waals surface area contributed by atoms with Gasteiger partial charge in [-0.3, -0.25) is 0 Å². The standard InChI is InChI=1S/C48H30O/c1-2-13-31(14-3-1)33-28-27-32-15-11-24-42(44(32)30-33)47-40-21-6-4-19-38(40)46(39-20-5-7-22-41(39)47)35-17-10-16-34(29-35)36-23-12-25-43-37-18-8-9-26-45(37)49-48(36)43/h1-30H. The fraction of sp³-hybridized carbons (Fsp3) is 0. The second kappa shape index (κ2) is 11.1. The quantitative estimate of drug-likeness (QED) is 0.178. The largest absolute Gasteiger partial charge is 0.455 e. The summed E-state index contributed by atoms with van der Waals surface area (Å²) in [5.41, 5.74) is 11.5. The summed E-state index contributed by atoms with van der Waals surface area (Å²) in [7, 11) is 0. The first-order valence-corrected chi connectivity index (χ1v) is 16.8. The van der Waals surface area contributed by atoms with Crippen molar-refractivity contribution in [2.75, 3.05) is 0 Å². The van der Waals surface area contributed by atoms with Crippen LogP contribution < -0.4 is 0 Å².